The Balaban J connectivity index is 2.66. The molecule has 0 saturated heterocycles. The fraction of sp³-hybridized carbons (Fsp3) is 0.357. The van der Waals surface area contributed by atoms with Gasteiger partial charge in [-0.2, -0.15) is 0 Å². The molecule has 0 aliphatic rings. The van der Waals surface area contributed by atoms with Gasteiger partial charge in [0.05, 0.1) is 19.6 Å². The quantitative estimate of drug-likeness (QED) is 0.729. The average molecular weight is 252 g/mol. The number of benzene rings is 1. The number of hydrogen-bond donors (Lipinski definition) is 0. The van der Waals surface area contributed by atoms with E-state index in [0.29, 0.717) is 24.5 Å². The van der Waals surface area contributed by atoms with Crippen LogP contribution in [0.25, 0.3) is 6.08 Å². The van der Waals surface area contributed by atoms with E-state index in [2.05, 4.69) is 0 Å². The minimum atomic E-state index is -0.364. The SMILES string of the molecule is CCOC(=O)CC=Cc1cc(F)cc(OCC)c1. The van der Waals surface area contributed by atoms with Crippen LogP contribution in [-0.4, -0.2) is 19.2 Å². The van der Waals surface area contributed by atoms with Crippen LogP contribution in [0.2, 0.25) is 0 Å². The molecule has 0 atom stereocenters. The van der Waals surface area contributed by atoms with Gasteiger partial charge in [0.2, 0.25) is 0 Å². The highest BCUT2D eigenvalue weighted by Gasteiger charge is 2.00. The maximum atomic E-state index is 13.3. The molecule has 4 heteroatoms. The van der Waals surface area contributed by atoms with Crippen molar-refractivity contribution in [1.29, 1.82) is 0 Å². The lowest BCUT2D eigenvalue weighted by Gasteiger charge is -2.04. The van der Waals surface area contributed by atoms with Crippen LogP contribution in [0.3, 0.4) is 0 Å². The topological polar surface area (TPSA) is 35.5 Å². The van der Waals surface area contributed by atoms with Gasteiger partial charge in [0.25, 0.3) is 0 Å². The normalized spacial score (nSPS) is 10.6. The van der Waals surface area contributed by atoms with E-state index in [1.165, 1.54) is 12.1 Å². The molecule has 1 aromatic rings. The predicted octanol–water partition coefficient (Wildman–Crippen LogP) is 3.19. The molecule has 1 rings (SSSR count). The van der Waals surface area contributed by atoms with E-state index < -0.39 is 0 Å². The third kappa shape index (κ3) is 4.99. The van der Waals surface area contributed by atoms with Gasteiger partial charge >= 0.3 is 5.97 Å². The molecule has 0 bridgehead atoms. The third-order valence-electron chi connectivity index (χ3n) is 2.10. The zero-order valence-electron chi connectivity index (χ0n) is 10.6. The highest BCUT2D eigenvalue weighted by molar-refractivity contribution is 5.72. The van der Waals surface area contributed by atoms with E-state index in [4.69, 9.17) is 9.47 Å². The second-order valence-electron chi connectivity index (χ2n) is 3.56. The molecule has 0 aromatic heterocycles. The van der Waals surface area contributed by atoms with E-state index in [-0.39, 0.29) is 18.2 Å². The zero-order chi connectivity index (χ0) is 13.4. The highest BCUT2D eigenvalue weighted by Crippen LogP contribution is 2.17. The van der Waals surface area contributed by atoms with Crippen LogP contribution in [0.1, 0.15) is 25.8 Å². The molecule has 0 spiro atoms. The molecule has 0 aliphatic heterocycles. The molecule has 0 radical (unpaired) electrons. The summed E-state index contributed by atoms with van der Waals surface area (Å²) in [7, 11) is 0. The fourth-order valence-corrected chi connectivity index (χ4v) is 1.44. The Morgan fingerprint density at radius 2 is 2.06 bits per heavy atom. The average Bonchev–Trinajstić information content (AvgIpc) is 2.29. The second kappa shape index (κ2) is 7.48. The van der Waals surface area contributed by atoms with Crippen molar-refractivity contribution in [2.75, 3.05) is 13.2 Å². The van der Waals surface area contributed by atoms with Gasteiger partial charge in [0.1, 0.15) is 11.6 Å². The zero-order valence-corrected chi connectivity index (χ0v) is 10.6. The second-order valence-corrected chi connectivity index (χ2v) is 3.56. The fourth-order valence-electron chi connectivity index (χ4n) is 1.44. The van der Waals surface area contributed by atoms with Crippen molar-refractivity contribution in [2.24, 2.45) is 0 Å². The van der Waals surface area contributed by atoms with E-state index in [1.54, 1.807) is 25.1 Å². The van der Waals surface area contributed by atoms with Crippen LogP contribution in [0.15, 0.2) is 24.3 Å². The van der Waals surface area contributed by atoms with Gasteiger partial charge in [-0.3, -0.25) is 4.79 Å². The molecule has 0 amide bonds. The number of rotatable bonds is 6. The van der Waals surface area contributed by atoms with E-state index >= 15 is 0 Å². The van der Waals surface area contributed by atoms with Crippen LogP contribution in [-0.2, 0) is 9.53 Å². The summed E-state index contributed by atoms with van der Waals surface area (Å²) in [5.41, 5.74) is 0.655. The van der Waals surface area contributed by atoms with Gasteiger partial charge in [0.15, 0.2) is 0 Å². The van der Waals surface area contributed by atoms with Crippen molar-refractivity contribution in [3.8, 4) is 5.75 Å². The Kier molecular flexibility index (Phi) is 5.91. The number of carbonyl (C=O) groups is 1. The minimum Gasteiger partial charge on any atom is -0.494 e. The molecule has 98 valence electrons. The summed E-state index contributed by atoms with van der Waals surface area (Å²) in [5.74, 6) is -0.180. The minimum absolute atomic E-state index is 0.175. The van der Waals surface area contributed by atoms with E-state index in [0.717, 1.165) is 0 Å². The maximum Gasteiger partial charge on any atom is 0.309 e. The Morgan fingerprint density at radius 1 is 1.28 bits per heavy atom. The van der Waals surface area contributed by atoms with Crippen molar-refractivity contribution in [3.63, 3.8) is 0 Å². The first-order chi connectivity index (χ1) is 8.65. The molecule has 18 heavy (non-hydrogen) atoms. The summed E-state index contributed by atoms with van der Waals surface area (Å²) in [6, 6.07) is 4.42. The molecule has 0 aliphatic carbocycles. The number of ether oxygens (including phenoxy) is 2. The summed E-state index contributed by atoms with van der Waals surface area (Å²) < 4.78 is 23.3. The van der Waals surface area contributed by atoms with Crippen molar-refractivity contribution in [2.45, 2.75) is 20.3 Å². The maximum absolute atomic E-state index is 13.3. The molecule has 0 unspecified atom stereocenters. The molecular weight excluding hydrogens is 235 g/mol. The van der Waals surface area contributed by atoms with Crippen LogP contribution in [0, 0.1) is 5.82 Å². The molecule has 0 heterocycles. The molecule has 0 N–H and O–H groups in total. The van der Waals surface area contributed by atoms with Crippen molar-refractivity contribution < 1.29 is 18.7 Å². The summed E-state index contributed by atoms with van der Waals surface area (Å²) in [4.78, 5) is 11.1. The summed E-state index contributed by atoms with van der Waals surface area (Å²) in [6.07, 6.45) is 3.49. The van der Waals surface area contributed by atoms with Gasteiger partial charge in [-0.25, -0.2) is 4.39 Å². The molecule has 0 fully saturated rings. The number of halogens is 1. The van der Waals surface area contributed by atoms with Gasteiger partial charge in [-0.05, 0) is 31.5 Å². The number of carbonyl (C=O) groups excluding carboxylic acids is 1. The molecule has 1 aromatic carbocycles. The van der Waals surface area contributed by atoms with Gasteiger partial charge in [-0.1, -0.05) is 12.2 Å². The van der Waals surface area contributed by atoms with Crippen LogP contribution >= 0.6 is 0 Å². The smallest absolute Gasteiger partial charge is 0.309 e. The van der Waals surface area contributed by atoms with Crippen molar-refractivity contribution in [1.82, 2.24) is 0 Å². The molecular formula is C14H17FO3. The monoisotopic (exact) mass is 252 g/mol. The van der Waals surface area contributed by atoms with Gasteiger partial charge in [-0.15, -0.1) is 0 Å². The Hall–Kier alpha value is -1.84. The third-order valence-corrected chi connectivity index (χ3v) is 2.10. The first-order valence-corrected chi connectivity index (χ1v) is 5.91. The lowest BCUT2D eigenvalue weighted by Crippen LogP contribution is -2.01. The molecule has 3 nitrogen and oxygen atoms in total. The Bertz CT molecular complexity index is 427. The van der Waals surface area contributed by atoms with Gasteiger partial charge < -0.3 is 9.47 Å². The lowest BCUT2D eigenvalue weighted by atomic mass is 10.2. The number of esters is 1. The van der Waals surface area contributed by atoms with Crippen LogP contribution in [0.4, 0.5) is 4.39 Å². The standard InChI is InChI=1S/C14H17FO3/c1-3-17-13-9-11(8-12(15)10-13)6-5-7-14(16)18-4-2/h5-6,8-10H,3-4,7H2,1-2H3. The summed E-state index contributed by atoms with van der Waals surface area (Å²) in [6.45, 7) is 4.43. The summed E-state index contributed by atoms with van der Waals surface area (Å²) >= 11 is 0. The highest BCUT2D eigenvalue weighted by atomic mass is 19.1. The van der Waals surface area contributed by atoms with E-state index in [9.17, 15) is 9.18 Å². The predicted molar refractivity (Wildman–Crippen MR) is 67.9 cm³/mol. The Labute approximate surface area is 106 Å². The Morgan fingerprint density at radius 3 is 2.72 bits per heavy atom. The first kappa shape index (κ1) is 14.2. The van der Waals surface area contributed by atoms with Gasteiger partial charge in [0, 0.05) is 6.07 Å². The lowest BCUT2D eigenvalue weighted by molar-refractivity contribution is -0.142. The van der Waals surface area contributed by atoms with Crippen molar-refractivity contribution >= 4 is 12.0 Å². The van der Waals surface area contributed by atoms with Crippen LogP contribution < -0.4 is 4.74 Å². The molecule has 0 saturated carbocycles. The number of hydrogen-bond acceptors (Lipinski definition) is 3. The van der Waals surface area contributed by atoms with E-state index in [1.807, 2.05) is 6.92 Å². The summed E-state index contributed by atoms with van der Waals surface area (Å²) in [5, 5.41) is 0. The first-order valence-electron chi connectivity index (χ1n) is 5.91. The largest absolute Gasteiger partial charge is 0.494 e. The van der Waals surface area contributed by atoms with Crippen molar-refractivity contribution in [3.05, 3.63) is 35.7 Å². The van der Waals surface area contributed by atoms with Crippen LogP contribution in [0.5, 0.6) is 5.75 Å².